The third-order valence-electron chi connectivity index (χ3n) is 3.83. The van der Waals surface area contributed by atoms with Gasteiger partial charge in [-0.25, -0.2) is 0 Å². The molecule has 3 amide bonds. The van der Waals surface area contributed by atoms with Crippen molar-refractivity contribution in [3.63, 3.8) is 0 Å². The maximum Gasteiger partial charge on any atom is 0.326 e. The lowest BCUT2D eigenvalue weighted by atomic mass is 9.98. The Morgan fingerprint density at radius 1 is 1.26 bits per heavy atom. The number of nitrogens with zero attached hydrogens (tertiary/aromatic N) is 2. The molecule has 0 spiro atoms. The summed E-state index contributed by atoms with van der Waals surface area (Å²) < 4.78 is 4.84. The van der Waals surface area contributed by atoms with Gasteiger partial charge in [-0.3, -0.25) is 24.1 Å². The number of amides is 3. The lowest BCUT2D eigenvalue weighted by molar-refractivity contribution is -0.150. The fourth-order valence-electron chi connectivity index (χ4n) is 2.54. The number of carbonyl (C=O) groups is 4. The van der Waals surface area contributed by atoms with Crippen molar-refractivity contribution in [2.75, 3.05) is 18.5 Å². The Bertz CT molecular complexity index is 975. The highest BCUT2D eigenvalue weighted by atomic mass is 32.1. The predicted molar refractivity (Wildman–Crippen MR) is 94.8 cm³/mol. The molecule has 2 aromatic rings. The maximum absolute atomic E-state index is 12.4. The van der Waals surface area contributed by atoms with Crippen LogP contribution in [0.2, 0.25) is 0 Å². The molecule has 1 aliphatic heterocycles. The van der Waals surface area contributed by atoms with E-state index in [0.29, 0.717) is 21.7 Å². The van der Waals surface area contributed by atoms with Crippen LogP contribution in [0.15, 0.2) is 35.7 Å². The molecule has 1 N–H and O–H groups in total. The number of ether oxygens (including phenoxy) is 1. The second-order valence-electron chi connectivity index (χ2n) is 5.60. The molecule has 0 fully saturated rings. The molecule has 0 saturated carbocycles. The molecule has 0 saturated heterocycles. The molecule has 136 valence electrons. The van der Waals surface area contributed by atoms with E-state index in [1.54, 1.807) is 35.7 Å². The summed E-state index contributed by atoms with van der Waals surface area (Å²) in [5.74, 6) is -2.57. The largest absolute Gasteiger partial charge is 0.454 e. The molecule has 0 atom stereocenters. The monoisotopic (exact) mass is 383 g/mol. The van der Waals surface area contributed by atoms with Crippen molar-refractivity contribution in [1.82, 2.24) is 4.90 Å². The molecule has 1 aromatic heterocycles. The van der Waals surface area contributed by atoms with Gasteiger partial charge in [-0.15, -0.1) is 11.3 Å². The average Bonchev–Trinajstić information content (AvgIpc) is 3.10. The lowest BCUT2D eigenvalue weighted by Crippen LogP contribution is -2.45. The number of hydrogen-bond donors (Lipinski definition) is 1. The van der Waals surface area contributed by atoms with Crippen LogP contribution in [0.5, 0.6) is 0 Å². The topological polar surface area (TPSA) is 117 Å². The highest BCUT2D eigenvalue weighted by molar-refractivity contribution is 7.14. The minimum Gasteiger partial charge on any atom is -0.454 e. The number of carbonyl (C=O) groups excluding carboxylic acids is 4. The van der Waals surface area contributed by atoms with E-state index in [4.69, 9.17) is 10.00 Å². The van der Waals surface area contributed by atoms with Crippen LogP contribution in [0.3, 0.4) is 0 Å². The Morgan fingerprint density at radius 3 is 2.81 bits per heavy atom. The van der Waals surface area contributed by atoms with E-state index in [0.717, 1.165) is 4.90 Å². The van der Waals surface area contributed by atoms with Gasteiger partial charge in [0.2, 0.25) is 5.91 Å². The second-order valence-corrected chi connectivity index (χ2v) is 6.52. The van der Waals surface area contributed by atoms with Crippen molar-refractivity contribution < 1.29 is 23.9 Å². The van der Waals surface area contributed by atoms with Gasteiger partial charge >= 0.3 is 5.97 Å². The fourth-order valence-corrected chi connectivity index (χ4v) is 3.29. The van der Waals surface area contributed by atoms with Gasteiger partial charge in [0.25, 0.3) is 11.8 Å². The average molecular weight is 383 g/mol. The summed E-state index contributed by atoms with van der Waals surface area (Å²) in [6.07, 6.45) is 0.0188. The zero-order chi connectivity index (χ0) is 19.4. The van der Waals surface area contributed by atoms with E-state index in [-0.39, 0.29) is 6.42 Å². The summed E-state index contributed by atoms with van der Waals surface area (Å²) in [6, 6.07) is 10.2. The highest BCUT2D eigenvalue weighted by Gasteiger charge is 2.32. The zero-order valence-electron chi connectivity index (χ0n) is 13.9. The molecule has 8 nitrogen and oxygen atoms in total. The number of rotatable bonds is 5. The van der Waals surface area contributed by atoms with Gasteiger partial charge in [-0.1, -0.05) is 18.2 Å². The van der Waals surface area contributed by atoms with Gasteiger partial charge in [-0.2, -0.15) is 5.26 Å². The fraction of sp³-hybridized carbons (Fsp3) is 0.167. The molecule has 9 heteroatoms. The number of imide groups is 1. The maximum atomic E-state index is 12.4. The molecule has 0 radical (unpaired) electrons. The third-order valence-corrected chi connectivity index (χ3v) is 4.66. The molecule has 3 rings (SSSR count). The molecular weight excluding hydrogens is 370 g/mol. The summed E-state index contributed by atoms with van der Waals surface area (Å²) in [7, 11) is 0. The molecule has 1 aromatic carbocycles. The third kappa shape index (κ3) is 4.02. The van der Waals surface area contributed by atoms with Crippen LogP contribution in [0.1, 0.15) is 21.5 Å². The van der Waals surface area contributed by atoms with Crippen molar-refractivity contribution in [3.05, 3.63) is 52.4 Å². The number of hydrogen-bond acceptors (Lipinski definition) is 7. The smallest absolute Gasteiger partial charge is 0.326 e. The Kier molecular flexibility index (Phi) is 5.28. The van der Waals surface area contributed by atoms with Crippen molar-refractivity contribution in [3.8, 4) is 6.07 Å². The predicted octanol–water partition coefficient (Wildman–Crippen LogP) is 1.33. The van der Waals surface area contributed by atoms with Crippen molar-refractivity contribution in [2.45, 2.75) is 6.42 Å². The van der Waals surface area contributed by atoms with Crippen LogP contribution in [-0.4, -0.2) is 41.7 Å². The minimum absolute atomic E-state index is 0.0188. The SMILES string of the molecule is N#Cc1ccsc1NC(=O)COC(=O)CN1C(=O)Cc2ccccc2C1=O. The van der Waals surface area contributed by atoms with Crippen molar-refractivity contribution in [1.29, 1.82) is 5.26 Å². The number of anilines is 1. The van der Waals surface area contributed by atoms with Crippen molar-refractivity contribution in [2.24, 2.45) is 0 Å². The van der Waals surface area contributed by atoms with E-state index in [9.17, 15) is 19.2 Å². The van der Waals surface area contributed by atoms with Crippen LogP contribution in [0, 0.1) is 11.3 Å². The van der Waals surface area contributed by atoms with E-state index < -0.39 is 36.8 Å². The van der Waals surface area contributed by atoms with Gasteiger partial charge in [-0.05, 0) is 23.1 Å². The molecular formula is C18H13N3O5S. The quantitative estimate of drug-likeness (QED) is 0.615. The first-order valence-electron chi connectivity index (χ1n) is 7.85. The second kappa shape index (κ2) is 7.80. The Balaban J connectivity index is 1.55. The van der Waals surface area contributed by atoms with Crippen LogP contribution < -0.4 is 5.32 Å². The first kappa shape index (κ1) is 18.3. The van der Waals surface area contributed by atoms with E-state index in [2.05, 4.69) is 5.32 Å². The number of benzene rings is 1. The summed E-state index contributed by atoms with van der Waals surface area (Å²) in [6.45, 7) is -1.16. The Labute approximate surface area is 158 Å². The van der Waals surface area contributed by atoms with Crippen LogP contribution in [0.25, 0.3) is 0 Å². The molecule has 2 heterocycles. The molecule has 1 aliphatic rings. The summed E-state index contributed by atoms with van der Waals surface area (Å²) in [4.78, 5) is 49.1. The Hall–Kier alpha value is -3.51. The highest BCUT2D eigenvalue weighted by Crippen LogP contribution is 2.22. The van der Waals surface area contributed by atoms with Crippen LogP contribution >= 0.6 is 11.3 Å². The van der Waals surface area contributed by atoms with Gasteiger partial charge in [0, 0.05) is 5.56 Å². The lowest BCUT2D eigenvalue weighted by Gasteiger charge is -2.25. The van der Waals surface area contributed by atoms with Gasteiger partial charge in [0.05, 0.1) is 12.0 Å². The standard InChI is InChI=1S/C18H13N3O5S/c19-8-12-5-6-27-17(12)20-14(22)10-26-16(24)9-21-15(23)7-11-3-1-2-4-13(11)18(21)25/h1-6H,7,9-10H2,(H,20,22). The minimum atomic E-state index is -0.877. The van der Waals surface area contributed by atoms with Gasteiger partial charge in [0.1, 0.15) is 17.6 Å². The van der Waals surface area contributed by atoms with Gasteiger partial charge < -0.3 is 10.1 Å². The van der Waals surface area contributed by atoms with E-state index >= 15 is 0 Å². The first-order valence-corrected chi connectivity index (χ1v) is 8.73. The summed E-state index contributed by atoms with van der Waals surface area (Å²) in [5.41, 5.74) is 1.29. The molecule has 0 bridgehead atoms. The zero-order valence-corrected chi connectivity index (χ0v) is 14.7. The number of thiophene rings is 1. The normalized spacial score (nSPS) is 12.9. The first-order chi connectivity index (χ1) is 13.0. The Morgan fingerprint density at radius 2 is 2.04 bits per heavy atom. The molecule has 0 aliphatic carbocycles. The summed E-state index contributed by atoms with van der Waals surface area (Å²) in [5, 5.41) is 13.4. The number of fused-ring (bicyclic) bond motifs is 1. The molecule has 0 unspecified atom stereocenters. The van der Waals surface area contributed by atoms with E-state index in [1.165, 1.54) is 11.3 Å². The van der Waals surface area contributed by atoms with E-state index in [1.807, 2.05) is 6.07 Å². The van der Waals surface area contributed by atoms with Crippen LogP contribution in [0.4, 0.5) is 5.00 Å². The van der Waals surface area contributed by atoms with Crippen LogP contribution in [-0.2, 0) is 25.5 Å². The number of nitrogens with one attached hydrogen (secondary N) is 1. The molecule has 27 heavy (non-hydrogen) atoms. The summed E-state index contributed by atoms with van der Waals surface area (Å²) >= 11 is 1.17. The number of esters is 1. The number of nitriles is 1. The van der Waals surface area contributed by atoms with Gasteiger partial charge in [0.15, 0.2) is 6.61 Å². The van der Waals surface area contributed by atoms with Crippen molar-refractivity contribution >= 4 is 40.0 Å².